The van der Waals surface area contributed by atoms with Crippen molar-refractivity contribution in [2.24, 2.45) is 0 Å². The highest BCUT2D eigenvalue weighted by atomic mass is 127. The standard InChI is InChI=1S/C22H27IO3/c1-2-3-4-5-6-7-8-17-25-20-13-9-18(10-14-20)22(24)26-21-15-11-19(23)12-16-21/h9-16H,2-8,17H2,1H3. The van der Waals surface area contributed by atoms with Crippen molar-refractivity contribution in [3.05, 3.63) is 57.7 Å². The van der Waals surface area contributed by atoms with Gasteiger partial charge in [0.2, 0.25) is 0 Å². The van der Waals surface area contributed by atoms with Gasteiger partial charge in [-0.2, -0.15) is 0 Å². The summed E-state index contributed by atoms with van der Waals surface area (Å²) in [5.74, 6) is 0.987. The lowest BCUT2D eigenvalue weighted by Crippen LogP contribution is -2.08. The molecule has 3 nitrogen and oxygen atoms in total. The zero-order valence-electron chi connectivity index (χ0n) is 15.4. The third kappa shape index (κ3) is 7.77. The van der Waals surface area contributed by atoms with Gasteiger partial charge in [0.25, 0.3) is 0 Å². The minimum atomic E-state index is -0.357. The van der Waals surface area contributed by atoms with Crippen molar-refractivity contribution in [2.45, 2.75) is 51.9 Å². The fourth-order valence-corrected chi connectivity index (χ4v) is 2.96. The van der Waals surface area contributed by atoms with E-state index in [-0.39, 0.29) is 5.97 Å². The molecule has 0 N–H and O–H groups in total. The number of ether oxygens (including phenoxy) is 2. The maximum atomic E-state index is 12.2. The molecule has 0 radical (unpaired) electrons. The molecule has 4 heteroatoms. The van der Waals surface area contributed by atoms with Gasteiger partial charge in [-0.05, 0) is 77.5 Å². The van der Waals surface area contributed by atoms with E-state index in [0.717, 1.165) is 22.3 Å². The number of unbranched alkanes of at least 4 members (excludes halogenated alkanes) is 6. The number of benzene rings is 2. The molecule has 2 aromatic rings. The number of hydrogen-bond donors (Lipinski definition) is 0. The van der Waals surface area contributed by atoms with Gasteiger partial charge in [-0.25, -0.2) is 4.79 Å². The number of esters is 1. The normalized spacial score (nSPS) is 10.5. The van der Waals surface area contributed by atoms with Crippen LogP contribution in [0.1, 0.15) is 62.2 Å². The molecule has 2 rings (SSSR count). The summed E-state index contributed by atoms with van der Waals surface area (Å²) in [5, 5.41) is 0. The van der Waals surface area contributed by atoms with Gasteiger partial charge in [-0.15, -0.1) is 0 Å². The lowest BCUT2D eigenvalue weighted by Gasteiger charge is -2.08. The van der Waals surface area contributed by atoms with Gasteiger partial charge in [-0.1, -0.05) is 45.4 Å². The van der Waals surface area contributed by atoms with Crippen molar-refractivity contribution in [2.75, 3.05) is 6.61 Å². The van der Waals surface area contributed by atoms with Crippen molar-refractivity contribution in [3.8, 4) is 11.5 Å². The van der Waals surface area contributed by atoms with E-state index < -0.39 is 0 Å². The Morgan fingerprint density at radius 3 is 2.04 bits per heavy atom. The lowest BCUT2D eigenvalue weighted by atomic mass is 10.1. The highest BCUT2D eigenvalue weighted by Gasteiger charge is 2.08. The van der Waals surface area contributed by atoms with Gasteiger partial charge in [0.15, 0.2) is 0 Å². The van der Waals surface area contributed by atoms with Crippen LogP contribution in [-0.2, 0) is 0 Å². The van der Waals surface area contributed by atoms with Crippen LogP contribution in [0.3, 0.4) is 0 Å². The molecule has 0 spiro atoms. The maximum absolute atomic E-state index is 12.2. The summed E-state index contributed by atoms with van der Waals surface area (Å²) in [6.45, 7) is 2.96. The summed E-state index contributed by atoms with van der Waals surface area (Å²) in [6.07, 6.45) is 8.87. The van der Waals surface area contributed by atoms with Crippen molar-refractivity contribution in [1.29, 1.82) is 0 Å². The monoisotopic (exact) mass is 466 g/mol. The molecule has 0 saturated heterocycles. The second kappa shape index (κ2) is 11.9. The van der Waals surface area contributed by atoms with Gasteiger partial charge >= 0.3 is 5.97 Å². The minimum Gasteiger partial charge on any atom is -0.494 e. The fraction of sp³-hybridized carbons (Fsp3) is 0.409. The minimum absolute atomic E-state index is 0.357. The summed E-state index contributed by atoms with van der Waals surface area (Å²) in [7, 11) is 0. The largest absolute Gasteiger partial charge is 0.494 e. The summed E-state index contributed by atoms with van der Waals surface area (Å²) in [4.78, 5) is 12.2. The van der Waals surface area contributed by atoms with E-state index in [1.165, 1.54) is 38.5 Å². The topological polar surface area (TPSA) is 35.5 Å². The van der Waals surface area contributed by atoms with E-state index in [1.807, 2.05) is 24.3 Å². The number of halogens is 1. The van der Waals surface area contributed by atoms with Crippen molar-refractivity contribution >= 4 is 28.6 Å². The van der Waals surface area contributed by atoms with Crippen molar-refractivity contribution in [1.82, 2.24) is 0 Å². The van der Waals surface area contributed by atoms with Gasteiger partial charge in [0.05, 0.1) is 12.2 Å². The molecule has 0 aromatic heterocycles. The Morgan fingerprint density at radius 1 is 0.808 bits per heavy atom. The molecule has 0 unspecified atom stereocenters. The SMILES string of the molecule is CCCCCCCCCOc1ccc(C(=O)Oc2ccc(I)cc2)cc1. The summed E-state index contributed by atoms with van der Waals surface area (Å²) >= 11 is 2.21. The van der Waals surface area contributed by atoms with Gasteiger partial charge in [0, 0.05) is 3.57 Å². The van der Waals surface area contributed by atoms with Crippen molar-refractivity contribution in [3.63, 3.8) is 0 Å². The molecule has 0 amide bonds. The second-order valence-corrected chi connectivity index (χ2v) is 7.58. The second-order valence-electron chi connectivity index (χ2n) is 6.34. The summed E-state index contributed by atoms with van der Waals surface area (Å²) < 4.78 is 12.2. The van der Waals surface area contributed by atoms with Crippen LogP contribution in [0.5, 0.6) is 11.5 Å². The molecule has 0 saturated carbocycles. The van der Waals surface area contributed by atoms with E-state index in [1.54, 1.807) is 24.3 Å². The van der Waals surface area contributed by atoms with Crippen molar-refractivity contribution < 1.29 is 14.3 Å². The van der Waals surface area contributed by atoms with Crippen LogP contribution in [0, 0.1) is 3.57 Å². The molecule has 140 valence electrons. The Bertz CT molecular complexity index is 650. The first-order valence-corrected chi connectivity index (χ1v) is 10.5. The quantitative estimate of drug-likeness (QED) is 0.161. The van der Waals surface area contributed by atoms with E-state index in [4.69, 9.17) is 9.47 Å². The summed E-state index contributed by atoms with van der Waals surface area (Å²) in [5.41, 5.74) is 0.520. The lowest BCUT2D eigenvalue weighted by molar-refractivity contribution is 0.0734. The van der Waals surface area contributed by atoms with Crippen LogP contribution < -0.4 is 9.47 Å². The summed E-state index contributed by atoms with van der Waals surface area (Å²) in [6, 6.07) is 14.5. The van der Waals surface area contributed by atoms with Gasteiger partial charge in [0.1, 0.15) is 11.5 Å². The molecule has 0 bridgehead atoms. The fourth-order valence-electron chi connectivity index (χ4n) is 2.61. The highest BCUT2D eigenvalue weighted by molar-refractivity contribution is 14.1. The molecular weight excluding hydrogens is 439 g/mol. The highest BCUT2D eigenvalue weighted by Crippen LogP contribution is 2.17. The van der Waals surface area contributed by atoms with Crippen LogP contribution >= 0.6 is 22.6 Å². The van der Waals surface area contributed by atoms with Crippen LogP contribution in [0.4, 0.5) is 0 Å². The number of carbonyl (C=O) groups is 1. The Balaban J connectivity index is 1.68. The third-order valence-electron chi connectivity index (χ3n) is 4.13. The molecule has 0 aliphatic heterocycles. The predicted molar refractivity (Wildman–Crippen MR) is 114 cm³/mol. The van der Waals surface area contributed by atoms with E-state index in [9.17, 15) is 4.79 Å². The number of carbonyl (C=O) groups excluding carboxylic acids is 1. The maximum Gasteiger partial charge on any atom is 0.343 e. The number of hydrogen-bond acceptors (Lipinski definition) is 3. The number of rotatable bonds is 11. The third-order valence-corrected chi connectivity index (χ3v) is 4.85. The smallest absolute Gasteiger partial charge is 0.343 e. The zero-order chi connectivity index (χ0) is 18.6. The van der Waals surface area contributed by atoms with E-state index in [0.29, 0.717) is 11.3 Å². The van der Waals surface area contributed by atoms with E-state index in [2.05, 4.69) is 29.5 Å². The molecule has 0 aliphatic carbocycles. The molecule has 0 aliphatic rings. The molecular formula is C22H27IO3. The molecule has 0 atom stereocenters. The van der Waals surface area contributed by atoms with Crippen LogP contribution in [0.2, 0.25) is 0 Å². The average Bonchev–Trinajstić information content (AvgIpc) is 2.66. The Morgan fingerprint density at radius 2 is 1.38 bits per heavy atom. The molecule has 2 aromatic carbocycles. The first-order chi connectivity index (χ1) is 12.7. The molecule has 26 heavy (non-hydrogen) atoms. The molecule has 0 fully saturated rings. The first-order valence-electron chi connectivity index (χ1n) is 9.39. The van der Waals surface area contributed by atoms with Crippen LogP contribution in [0.25, 0.3) is 0 Å². The van der Waals surface area contributed by atoms with Crippen LogP contribution in [-0.4, -0.2) is 12.6 Å². The Hall–Kier alpha value is -1.56. The first kappa shape index (κ1) is 20.7. The average molecular weight is 466 g/mol. The zero-order valence-corrected chi connectivity index (χ0v) is 17.5. The van der Waals surface area contributed by atoms with Gasteiger partial charge < -0.3 is 9.47 Å². The molecule has 0 heterocycles. The van der Waals surface area contributed by atoms with E-state index >= 15 is 0 Å². The Labute approximate surface area is 170 Å². The van der Waals surface area contributed by atoms with Crippen LogP contribution in [0.15, 0.2) is 48.5 Å². The van der Waals surface area contributed by atoms with Gasteiger partial charge in [-0.3, -0.25) is 0 Å². The Kier molecular flexibility index (Phi) is 9.53. The predicted octanol–water partition coefficient (Wildman–Crippen LogP) is 6.64.